The number of hydrogen-bond acceptors (Lipinski definition) is 6. The topological polar surface area (TPSA) is 99.1 Å². The van der Waals surface area contributed by atoms with Crippen LogP contribution in [-0.4, -0.2) is 0 Å². The van der Waals surface area contributed by atoms with Crippen LogP contribution in [-0.2, 0) is 0 Å². The molecule has 192 valence electrons. The standard InChI is InChI=1S/C27H9F6N3O3/c28-19-1-13(10-34)2-20(29)25(19)37-16-7-17(38-26-21(30)3-14(11-35)4-22(26)31)9-18(8-16)39-27-23(32)5-15(12-36)6-24(27)33/h1-9H. The van der Waals surface area contributed by atoms with Crippen molar-refractivity contribution in [1.29, 1.82) is 15.8 Å². The Morgan fingerprint density at radius 3 is 0.769 bits per heavy atom. The number of benzene rings is 4. The molecule has 12 heteroatoms. The molecule has 0 aliphatic heterocycles. The molecular formula is C27H9F6N3O3. The lowest BCUT2D eigenvalue weighted by molar-refractivity contribution is 0.378. The summed E-state index contributed by atoms with van der Waals surface area (Å²) in [5.41, 5.74) is -1.05. The summed E-state index contributed by atoms with van der Waals surface area (Å²) in [4.78, 5) is 0. The van der Waals surface area contributed by atoms with Crippen molar-refractivity contribution >= 4 is 0 Å². The van der Waals surface area contributed by atoms with Gasteiger partial charge in [0.05, 0.1) is 34.9 Å². The Morgan fingerprint density at radius 1 is 0.385 bits per heavy atom. The van der Waals surface area contributed by atoms with Crippen LogP contribution in [0.25, 0.3) is 0 Å². The predicted molar refractivity (Wildman–Crippen MR) is 120 cm³/mol. The van der Waals surface area contributed by atoms with Gasteiger partial charge in [0, 0.05) is 18.2 Å². The van der Waals surface area contributed by atoms with Gasteiger partial charge in [0.2, 0.25) is 0 Å². The summed E-state index contributed by atoms with van der Waals surface area (Å²) in [6.07, 6.45) is 0. The van der Waals surface area contributed by atoms with Gasteiger partial charge >= 0.3 is 0 Å². The van der Waals surface area contributed by atoms with Gasteiger partial charge < -0.3 is 14.2 Å². The highest BCUT2D eigenvalue weighted by Crippen LogP contribution is 2.39. The summed E-state index contributed by atoms with van der Waals surface area (Å²) in [5.74, 6) is -12.1. The molecule has 0 radical (unpaired) electrons. The molecule has 6 nitrogen and oxygen atoms in total. The SMILES string of the molecule is N#Cc1cc(F)c(Oc2cc(Oc3c(F)cc(C#N)cc3F)cc(Oc3c(F)cc(C#N)cc3F)c2)c(F)c1. The van der Waals surface area contributed by atoms with Gasteiger partial charge in [-0.1, -0.05) is 0 Å². The summed E-state index contributed by atoms with van der Waals surface area (Å²) in [6.45, 7) is 0. The van der Waals surface area contributed by atoms with E-state index in [1.807, 2.05) is 0 Å². The summed E-state index contributed by atoms with van der Waals surface area (Å²) in [6, 6.07) is 11.5. The van der Waals surface area contributed by atoms with Crippen molar-refractivity contribution in [2.45, 2.75) is 0 Å². The first-order valence-electron chi connectivity index (χ1n) is 10.5. The van der Waals surface area contributed by atoms with E-state index in [4.69, 9.17) is 30.0 Å². The van der Waals surface area contributed by atoms with Gasteiger partial charge in [-0.25, -0.2) is 26.3 Å². The highest BCUT2D eigenvalue weighted by molar-refractivity contribution is 5.49. The maximum Gasteiger partial charge on any atom is 0.198 e. The highest BCUT2D eigenvalue weighted by atomic mass is 19.2. The van der Waals surface area contributed by atoms with E-state index in [-0.39, 0.29) is 16.7 Å². The first-order chi connectivity index (χ1) is 18.6. The molecule has 0 aromatic heterocycles. The summed E-state index contributed by atoms with van der Waals surface area (Å²) in [5, 5.41) is 26.6. The smallest absolute Gasteiger partial charge is 0.198 e. The molecule has 0 fully saturated rings. The second-order valence-corrected chi connectivity index (χ2v) is 7.59. The molecule has 0 bridgehead atoms. The molecule has 4 rings (SSSR count). The molecule has 0 heterocycles. The molecule has 0 saturated heterocycles. The first-order valence-corrected chi connectivity index (χ1v) is 10.5. The molecule has 0 saturated carbocycles. The zero-order chi connectivity index (χ0) is 28.3. The lowest BCUT2D eigenvalue weighted by atomic mass is 10.2. The Labute approximate surface area is 215 Å². The zero-order valence-corrected chi connectivity index (χ0v) is 19.0. The van der Waals surface area contributed by atoms with Gasteiger partial charge in [-0.2, -0.15) is 15.8 Å². The normalized spacial score (nSPS) is 10.2. The van der Waals surface area contributed by atoms with Gasteiger partial charge in [0.25, 0.3) is 0 Å². The van der Waals surface area contributed by atoms with E-state index in [0.717, 1.165) is 18.2 Å². The Bertz CT molecular complexity index is 1470. The Morgan fingerprint density at radius 2 is 0.590 bits per heavy atom. The minimum absolute atomic E-state index is 0.350. The van der Waals surface area contributed by atoms with Crippen LogP contribution in [0.5, 0.6) is 34.5 Å². The lowest BCUT2D eigenvalue weighted by Crippen LogP contribution is -1.98. The number of hydrogen-bond donors (Lipinski definition) is 0. The molecule has 0 unspecified atom stereocenters. The van der Waals surface area contributed by atoms with Crippen LogP contribution in [0.1, 0.15) is 16.7 Å². The fraction of sp³-hybridized carbons (Fsp3) is 0. The van der Waals surface area contributed by atoms with Gasteiger partial charge in [0.15, 0.2) is 52.2 Å². The van der Waals surface area contributed by atoms with Crippen LogP contribution in [0.15, 0.2) is 54.6 Å². The Kier molecular flexibility index (Phi) is 7.28. The van der Waals surface area contributed by atoms with Gasteiger partial charge in [-0.05, 0) is 36.4 Å². The maximum atomic E-state index is 14.4. The van der Waals surface area contributed by atoms with Gasteiger partial charge in [-0.3, -0.25) is 0 Å². The van der Waals surface area contributed by atoms with Crippen molar-refractivity contribution in [3.05, 3.63) is 106 Å². The predicted octanol–water partition coefficient (Wildman–Crippen LogP) is 7.51. The van der Waals surface area contributed by atoms with E-state index < -0.39 is 69.4 Å². The fourth-order valence-electron chi connectivity index (χ4n) is 3.24. The number of nitrogens with zero attached hydrogens (tertiary/aromatic N) is 3. The van der Waals surface area contributed by atoms with E-state index in [2.05, 4.69) is 0 Å². The fourth-order valence-corrected chi connectivity index (χ4v) is 3.24. The zero-order valence-electron chi connectivity index (χ0n) is 19.0. The molecule has 4 aromatic rings. The van der Waals surface area contributed by atoms with E-state index in [0.29, 0.717) is 36.4 Å². The van der Waals surface area contributed by atoms with Crippen LogP contribution in [0.4, 0.5) is 26.3 Å². The van der Waals surface area contributed by atoms with E-state index in [1.54, 1.807) is 18.2 Å². The monoisotopic (exact) mass is 537 g/mol. The largest absolute Gasteiger partial charge is 0.451 e. The molecule has 0 aliphatic carbocycles. The molecule has 0 N–H and O–H groups in total. The third kappa shape index (κ3) is 5.68. The van der Waals surface area contributed by atoms with Crippen molar-refractivity contribution in [3.8, 4) is 52.7 Å². The molecule has 0 atom stereocenters. The quantitative estimate of drug-likeness (QED) is 0.236. The van der Waals surface area contributed by atoms with Gasteiger partial charge in [0.1, 0.15) is 17.2 Å². The molecule has 0 amide bonds. The number of nitriles is 3. The van der Waals surface area contributed by atoms with Crippen molar-refractivity contribution in [3.63, 3.8) is 0 Å². The first kappa shape index (κ1) is 26.4. The van der Waals surface area contributed by atoms with Crippen LogP contribution in [0.2, 0.25) is 0 Å². The van der Waals surface area contributed by atoms with Gasteiger partial charge in [-0.15, -0.1) is 0 Å². The molecule has 39 heavy (non-hydrogen) atoms. The maximum absolute atomic E-state index is 14.4. The minimum Gasteiger partial charge on any atom is -0.451 e. The van der Waals surface area contributed by atoms with E-state index >= 15 is 0 Å². The molecule has 4 aromatic carbocycles. The van der Waals surface area contributed by atoms with E-state index in [1.165, 1.54) is 0 Å². The van der Waals surface area contributed by atoms with Crippen LogP contribution in [0.3, 0.4) is 0 Å². The highest BCUT2D eigenvalue weighted by Gasteiger charge is 2.20. The van der Waals surface area contributed by atoms with Crippen molar-refractivity contribution in [2.75, 3.05) is 0 Å². The van der Waals surface area contributed by atoms with Crippen molar-refractivity contribution < 1.29 is 40.6 Å². The Balaban J connectivity index is 1.80. The average Bonchev–Trinajstić information content (AvgIpc) is 2.89. The number of halogens is 6. The third-order valence-corrected chi connectivity index (χ3v) is 4.90. The molecule has 0 spiro atoms. The van der Waals surface area contributed by atoms with E-state index in [9.17, 15) is 26.3 Å². The van der Waals surface area contributed by atoms with Crippen molar-refractivity contribution in [1.82, 2.24) is 0 Å². The van der Waals surface area contributed by atoms with Crippen molar-refractivity contribution in [2.24, 2.45) is 0 Å². The summed E-state index contributed by atoms with van der Waals surface area (Å²) >= 11 is 0. The number of ether oxygens (including phenoxy) is 3. The second kappa shape index (κ2) is 10.8. The van der Waals surface area contributed by atoms with Crippen LogP contribution >= 0.6 is 0 Å². The average molecular weight is 537 g/mol. The number of rotatable bonds is 6. The third-order valence-electron chi connectivity index (χ3n) is 4.90. The minimum atomic E-state index is -1.28. The summed E-state index contributed by atoms with van der Waals surface area (Å²) in [7, 11) is 0. The molecule has 0 aliphatic rings. The van der Waals surface area contributed by atoms with Crippen LogP contribution in [0, 0.1) is 68.9 Å². The molecular weight excluding hydrogens is 528 g/mol. The summed E-state index contributed by atoms with van der Waals surface area (Å²) < 4.78 is 102. The Hall–Kier alpha value is -5.67. The van der Waals surface area contributed by atoms with Crippen LogP contribution < -0.4 is 14.2 Å². The second-order valence-electron chi connectivity index (χ2n) is 7.59. The lowest BCUT2D eigenvalue weighted by Gasteiger charge is -2.15.